The van der Waals surface area contributed by atoms with Crippen LogP contribution in [0.25, 0.3) is 10.9 Å². The van der Waals surface area contributed by atoms with Crippen molar-refractivity contribution in [2.24, 2.45) is 5.41 Å². The number of rotatable bonds is 6. The van der Waals surface area contributed by atoms with E-state index >= 15 is 0 Å². The number of nitrogens with zero attached hydrogens (tertiary/aromatic N) is 2. The van der Waals surface area contributed by atoms with Crippen LogP contribution in [0, 0.1) is 11.2 Å². The van der Waals surface area contributed by atoms with Crippen molar-refractivity contribution in [3.63, 3.8) is 0 Å². The molecule has 1 unspecified atom stereocenters. The van der Waals surface area contributed by atoms with Crippen LogP contribution >= 0.6 is 0 Å². The number of aromatic nitrogens is 1. The Morgan fingerprint density at radius 2 is 2.24 bits per heavy atom. The average Bonchev–Trinajstić information content (AvgIpc) is 2.72. The first kappa shape index (κ1) is 20.9. The van der Waals surface area contributed by atoms with Crippen molar-refractivity contribution in [3.8, 4) is 0 Å². The highest BCUT2D eigenvalue weighted by Gasteiger charge is 2.30. The Labute approximate surface area is 169 Å². The minimum absolute atomic E-state index is 0.000253. The Kier molecular flexibility index (Phi) is 6.27. The Morgan fingerprint density at radius 3 is 3.00 bits per heavy atom. The summed E-state index contributed by atoms with van der Waals surface area (Å²) in [6.45, 7) is 9.21. The fourth-order valence-corrected chi connectivity index (χ4v) is 3.31. The molecule has 3 rings (SSSR count). The molecule has 1 aromatic heterocycles. The topological polar surface area (TPSA) is 71.5 Å². The number of fused-ring (bicyclic) bond motifs is 1. The van der Waals surface area contributed by atoms with Crippen LogP contribution in [0.4, 0.5) is 4.39 Å². The van der Waals surface area contributed by atoms with Crippen molar-refractivity contribution >= 4 is 22.7 Å². The molecule has 154 valence electrons. The van der Waals surface area contributed by atoms with E-state index in [-0.39, 0.29) is 35.0 Å². The number of carbonyl (C=O) groups is 2. The molecule has 1 aliphatic rings. The van der Waals surface area contributed by atoms with Gasteiger partial charge in [0.2, 0.25) is 5.91 Å². The second kappa shape index (κ2) is 8.69. The minimum atomic E-state index is -0.544. The molecule has 1 aliphatic heterocycles. The standard InChI is InChI=1S/C22H26FN3O3/c1-4-22(2,3)12-19(27)26-8-9-29-14-17(26)13-25-21(28)16-10-15-6-5-7-24-20(15)18(23)11-16/h4-7,10-11,17H,1,8-9,12-14H2,2-3H3,(H,25,28). The molecule has 6 nitrogen and oxygen atoms in total. The lowest BCUT2D eigenvalue weighted by molar-refractivity contribution is -0.141. The van der Waals surface area contributed by atoms with E-state index in [0.29, 0.717) is 31.6 Å². The highest BCUT2D eigenvalue weighted by molar-refractivity contribution is 5.98. The first-order chi connectivity index (χ1) is 13.8. The number of allylic oxidation sites excluding steroid dienone is 1. The highest BCUT2D eigenvalue weighted by atomic mass is 19.1. The van der Waals surface area contributed by atoms with Crippen LogP contribution in [0.15, 0.2) is 43.1 Å². The normalized spacial score (nSPS) is 17.2. The largest absolute Gasteiger partial charge is 0.377 e. The maximum absolute atomic E-state index is 14.2. The van der Waals surface area contributed by atoms with Crippen molar-refractivity contribution < 1.29 is 18.7 Å². The molecule has 0 bridgehead atoms. The molecule has 2 aromatic rings. The third-order valence-electron chi connectivity index (χ3n) is 5.13. The lowest BCUT2D eigenvalue weighted by atomic mass is 9.89. The smallest absolute Gasteiger partial charge is 0.251 e. The van der Waals surface area contributed by atoms with Crippen LogP contribution in [0.2, 0.25) is 0 Å². The van der Waals surface area contributed by atoms with Crippen LogP contribution in [0.5, 0.6) is 0 Å². The molecular weight excluding hydrogens is 373 g/mol. The van der Waals surface area contributed by atoms with Gasteiger partial charge in [-0.15, -0.1) is 6.58 Å². The zero-order valence-electron chi connectivity index (χ0n) is 16.8. The monoisotopic (exact) mass is 399 g/mol. The second-order valence-electron chi connectivity index (χ2n) is 7.93. The SMILES string of the molecule is C=CC(C)(C)CC(=O)N1CCOCC1CNC(=O)c1cc(F)c2ncccc2c1. The zero-order chi connectivity index (χ0) is 21.0. The van der Waals surface area contributed by atoms with Crippen LogP contribution < -0.4 is 5.32 Å². The number of hydrogen-bond acceptors (Lipinski definition) is 4. The quantitative estimate of drug-likeness (QED) is 0.758. The molecule has 1 N–H and O–H groups in total. The number of ether oxygens (including phenoxy) is 1. The molecule has 2 heterocycles. The summed E-state index contributed by atoms with van der Waals surface area (Å²) in [6.07, 6.45) is 3.61. The highest BCUT2D eigenvalue weighted by Crippen LogP contribution is 2.24. The van der Waals surface area contributed by atoms with Gasteiger partial charge < -0.3 is 15.0 Å². The van der Waals surface area contributed by atoms with Gasteiger partial charge in [0.05, 0.1) is 19.3 Å². The minimum Gasteiger partial charge on any atom is -0.377 e. The van der Waals surface area contributed by atoms with Gasteiger partial charge in [0, 0.05) is 36.7 Å². The van der Waals surface area contributed by atoms with E-state index in [9.17, 15) is 14.0 Å². The van der Waals surface area contributed by atoms with Gasteiger partial charge in [0.1, 0.15) is 11.3 Å². The Balaban J connectivity index is 1.68. The van der Waals surface area contributed by atoms with E-state index < -0.39 is 11.7 Å². The molecule has 0 spiro atoms. The lowest BCUT2D eigenvalue weighted by Crippen LogP contribution is -2.54. The Morgan fingerprint density at radius 1 is 1.45 bits per heavy atom. The van der Waals surface area contributed by atoms with E-state index in [1.54, 1.807) is 29.2 Å². The summed E-state index contributed by atoms with van der Waals surface area (Å²) in [5, 5.41) is 3.36. The fourth-order valence-electron chi connectivity index (χ4n) is 3.31. The van der Waals surface area contributed by atoms with E-state index in [1.807, 2.05) is 13.8 Å². The first-order valence-corrected chi connectivity index (χ1v) is 9.64. The maximum Gasteiger partial charge on any atom is 0.251 e. The molecule has 1 aromatic carbocycles. The summed E-state index contributed by atoms with van der Waals surface area (Å²) in [4.78, 5) is 31.1. The number of halogens is 1. The number of nitrogens with one attached hydrogen (secondary N) is 1. The number of morpholine rings is 1. The van der Waals surface area contributed by atoms with Crippen molar-refractivity contribution in [1.29, 1.82) is 0 Å². The second-order valence-corrected chi connectivity index (χ2v) is 7.93. The number of pyridine rings is 1. The van der Waals surface area contributed by atoms with Gasteiger partial charge in [0.25, 0.3) is 5.91 Å². The summed E-state index contributed by atoms with van der Waals surface area (Å²) in [5.74, 6) is -0.947. The summed E-state index contributed by atoms with van der Waals surface area (Å²) < 4.78 is 19.7. The molecule has 1 fully saturated rings. The average molecular weight is 399 g/mol. The van der Waals surface area contributed by atoms with Crippen LogP contribution in [-0.2, 0) is 9.53 Å². The first-order valence-electron chi connectivity index (χ1n) is 9.64. The van der Waals surface area contributed by atoms with Crippen LogP contribution in [0.3, 0.4) is 0 Å². The molecular formula is C22H26FN3O3. The van der Waals surface area contributed by atoms with Crippen LogP contribution in [0.1, 0.15) is 30.6 Å². The van der Waals surface area contributed by atoms with Gasteiger partial charge in [-0.2, -0.15) is 0 Å². The van der Waals surface area contributed by atoms with Gasteiger partial charge in [-0.05, 0) is 23.6 Å². The molecule has 2 amide bonds. The lowest BCUT2D eigenvalue weighted by Gasteiger charge is -2.37. The maximum atomic E-state index is 14.2. The molecule has 7 heteroatoms. The number of benzene rings is 1. The molecule has 0 saturated carbocycles. The van der Waals surface area contributed by atoms with Gasteiger partial charge in [-0.1, -0.05) is 26.0 Å². The summed E-state index contributed by atoms with van der Waals surface area (Å²) >= 11 is 0. The van der Waals surface area contributed by atoms with E-state index in [4.69, 9.17) is 4.74 Å². The van der Waals surface area contributed by atoms with Gasteiger partial charge in [0.15, 0.2) is 0 Å². The van der Waals surface area contributed by atoms with Crippen molar-refractivity contribution in [2.75, 3.05) is 26.3 Å². The van der Waals surface area contributed by atoms with Crippen molar-refractivity contribution in [3.05, 3.63) is 54.5 Å². The van der Waals surface area contributed by atoms with E-state index in [1.165, 1.54) is 12.3 Å². The van der Waals surface area contributed by atoms with Crippen molar-refractivity contribution in [1.82, 2.24) is 15.2 Å². The molecule has 0 aliphatic carbocycles. The van der Waals surface area contributed by atoms with E-state index in [0.717, 1.165) is 0 Å². The van der Waals surface area contributed by atoms with Gasteiger partial charge >= 0.3 is 0 Å². The van der Waals surface area contributed by atoms with Crippen molar-refractivity contribution in [2.45, 2.75) is 26.3 Å². The molecule has 1 saturated heterocycles. The Bertz CT molecular complexity index is 929. The fraction of sp³-hybridized carbons (Fsp3) is 0.409. The molecule has 1 atom stereocenters. The Hall–Kier alpha value is -2.80. The third kappa shape index (κ3) is 4.98. The summed E-state index contributed by atoms with van der Waals surface area (Å²) in [5.41, 5.74) is 0.136. The molecule has 29 heavy (non-hydrogen) atoms. The predicted molar refractivity (Wildman–Crippen MR) is 109 cm³/mol. The van der Waals surface area contributed by atoms with Gasteiger partial charge in [-0.25, -0.2) is 4.39 Å². The molecule has 0 radical (unpaired) electrons. The summed E-state index contributed by atoms with van der Waals surface area (Å²) in [7, 11) is 0. The van der Waals surface area contributed by atoms with Gasteiger partial charge in [-0.3, -0.25) is 14.6 Å². The van der Waals surface area contributed by atoms with Crippen LogP contribution in [-0.4, -0.2) is 54.0 Å². The predicted octanol–water partition coefficient (Wildman–Crippen LogP) is 2.93. The number of carbonyl (C=O) groups excluding carboxylic acids is 2. The third-order valence-corrected chi connectivity index (χ3v) is 5.13. The number of hydrogen-bond donors (Lipinski definition) is 1. The number of amides is 2. The van der Waals surface area contributed by atoms with E-state index in [2.05, 4.69) is 16.9 Å². The summed E-state index contributed by atoms with van der Waals surface area (Å²) in [6, 6.07) is 5.91. The zero-order valence-corrected chi connectivity index (χ0v) is 16.8.